The molecule has 0 aromatic carbocycles. The van der Waals surface area contributed by atoms with Crippen LogP contribution in [-0.2, 0) is 9.53 Å². The second-order valence-electron chi connectivity index (χ2n) is 5.69. The lowest BCUT2D eigenvalue weighted by molar-refractivity contribution is -0.156. The zero-order chi connectivity index (χ0) is 12.1. The van der Waals surface area contributed by atoms with Gasteiger partial charge in [-0.05, 0) is 39.0 Å². The highest BCUT2D eigenvalue weighted by atomic mass is 16.6. The largest absolute Gasteiger partial charge is 0.460 e. The average Bonchev–Trinajstić information content (AvgIpc) is 1.98. The van der Waals surface area contributed by atoms with Gasteiger partial charge in [0.1, 0.15) is 5.60 Å². The lowest BCUT2D eigenvalue weighted by atomic mass is 9.92. The molecule has 0 aliphatic heterocycles. The van der Waals surface area contributed by atoms with E-state index in [1.807, 2.05) is 20.8 Å². The molecule has 0 spiro atoms. The highest BCUT2D eigenvalue weighted by molar-refractivity contribution is 5.70. The first-order valence-corrected chi connectivity index (χ1v) is 5.96. The van der Waals surface area contributed by atoms with Crippen LogP contribution in [-0.4, -0.2) is 11.6 Å². The van der Waals surface area contributed by atoms with Crippen molar-refractivity contribution < 1.29 is 9.53 Å². The van der Waals surface area contributed by atoms with Crippen LogP contribution in [0.1, 0.15) is 60.8 Å². The predicted octanol–water partition coefficient (Wildman–Crippen LogP) is 3.79. The van der Waals surface area contributed by atoms with Crippen molar-refractivity contribution in [2.75, 3.05) is 0 Å². The Labute approximate surface area is 94.4 Å². The van der Waals surface area contributed by atoms with E-state index in [2.05, 4.69) is 20.8 Å². The Morgan fingerprint density at radius 2 is 1.80 bits per heavy atom. The quantitative estimate of drug-likeness (QED) is 0.651. The maximum atomic E-state index is 11.6. The standard InChI is InChI=1S/C13H26O2/c1-7-11(8-10(2)3)9-12(14)15-13(4,5)6/h10-11H,7-9H2,1-6H3. The number of ether oxygens (including phenoxy) is 1. The van der Waals surface area contributed by atoms with Crippen molar-refractivity contribution in [3.05, 3.63) is 0 Å². The third-order valence-electron chi connectivity index (χ3n) is 2.26. The molecule has 0 bridgehead atoms. The minimum atomic E-state index is -0.354. The topological polar surface area (TPSA) is 26.3 Å². The van der Waals surface area contributed by atoms with Crippen molar-refractivity contribution >= 4 is 5.97 Å². The lowest BCUT2D eigenvalue weighted by Gasteiger charge is -2.22. The molecule has 1 atom stereocenters. The normalized spacial score (nSPS) is 14.1. The van der Waals surface area contributed by atoms with Gasteiger partial charge in [0.25, 0.3) is 0 Å². The molecule has 2 nitrogen and oxygen atoms in total. The lowest BCUT2D eigenvalue weighted by Crippen LogP contribution is -2.25. The molecule has 0 aromatic rings. The summed E-state index contributed by atoms with van der Waals surface area (Å²) in [6.45, 7) is 12.3. The second kappa shape index (κ2) is 6.14. The highest BCUT2D eigenvalue weighted by Gasteiger charge is 2.20. The molecule has 90 valence electrons. The first kappa shape index (κ1) is 14.5. The molecule has 0 aromatic heterocycles. The van der Waals surface area contributed by atoms with E-state index in [9.17, 15) is 4.79 Å². The molecule has 0 saturated heterocycles. The maximum absolute atomic E-state index is 11.6. The van der Waals surface area contributed by atoms with Gasteiger partial charge in [0.15, 0.2) is 0 Å². The number of hydrogen-bond donors (Lipinski definition) is 0. The Morgan fingerprint density at radius 1 is 1.27 bits per heavy atom. The van der Waals surface area contributed by atoms with E-state index in [0.717, 1.165) is 12.8 Å². The van der Waals surface area contributed by atoms with Crippen LogP contribution in [0.3, 0.4) is 0 Å². The van der Waals surface area contributed by atoms with Crippen LogP contribution in [0.5, 0.6) is 0 Å². The van der Waals surface area contributed by atoms with E-state index in [0.29, 0.717) is 18.3 Å². The Kier molecular flexibility index (Phi) is 5.92. The zero-order valence-corrected chi connectivity index (χ0v) is 11.1. The fraction of sp³-hybridized carbons (Fsp3) is 0.923. The smallest absolute Gasteiger partial charge is 0.306 e. The van der Waals surface area contributed by atoms with Gasteiger partial charge >= 0.3 is 5.97 Å². The molecule has 0 amide bonds. The van der Waals surface area contributed by atoms with Gasteiger partial charge < -0.3 is 4.74 Å². The summed E-state index contributed by atoms with van der Waals surface area (Å²) in [6, 6.07) is 0. The Hall–Kier alpha value is -0.530. The molecule has 1 unspecified atom stereocenters. The fourth-order valence-electron chi connectivity index (χ4n) is 1.68. The van der Waals surface area contributed by atoms with Gasteiger partial charge in [-0.25, -0.2) is 0 Å². The Balaban J connectivity index is 4.02. The summed E-state index contributed by atoms with van der Waals surface area (Å²) < 4.78 is 5.31. The molecule has 0 fully saturated rings. The summed E-state index contributed by atoms with van der Waals surface area (Å²) in [7, 11) is 0. The minimum absolute atomic E-state index is 0.0602. The summed E-state index contributed by atoms with van der Waals surface area (Å²) in [5.41, 5.74) is -0.354. The van der Waals surface area contributed by atoms with E-state index in [1.54, 1.807) is 0 Å². The second-order valence-corrected chi connectivity index (χ2v) is 5.69. The third kappa shape index (κ3) is 8.46. The van der Waals surface area contributed by atoms with Crippen molar-refractivity contribution in [2.24, 2.45) is 11.8 Å². The van der Waals surface area contributed by atoms with Crippen LogP contribution < -0.4 is 0 Å². The molecular weight excluding hydrogens is 188 g/mol. The Bertz CT molecular complexity index is 189. The van der Waals surface area contributed by atoms with Crippen LogP contribution in [0.15, 0.2) is 0 Å². The van der Waals surface area contributed by atoms with Gasteiger partial charge in [-0.15, -0.1) is 0 Å². The van der Waals surface area contributed by atoms with Crippen LogP contribution >= 0.6 is 0 Å². The zero-order valence-electron chi connectivity index (χ0n) is 11.1. The maximum Gasteiger partial charge on any atom is 0.306 e. The fourth-order valence-corrected chi connectivity index (χ4v) is 1.68. The molecule has 0 heterocycles. The van der Waals surface area contributed by atoms with Gasteiger partial charge in [-0.2, -0.15) is 0 Å². The van der Waals surface area contributed by atoms with Crippen molar-refractivity contribution in [1.29, 1.82) is 0 Å². The van der Waals surface area contributed by atoms with Crippen molar-refractivity contribution in [2.45, 2.75) is 66.4 Å². The minimum Gasteiger partial charge on any atom is -0.460 e. The molecular formula is C13H26O2. The van der Waals surface area contributed by atoms with E-state index in [4.69, 9.17) is 4.74 Å². The van der Waals surface area contributed by atoms with Gasteiger partial charge in [0.2, 0.25) is 0 Å². The summed E-state index contributed by atoms with van der Waals surface area (Å²) in [4.78, 5) is 11.6. The first-order chi connectivity index (χ1) is 6.74. The molecule has 0 aliphatic rings. The summed E-state index contributed by atoms with van der Waals surface area (Å²) in [5.74, 6) is 1.06. The molecule has 0 saturated carbocycles. The monoisotopic (exact) mass is 214 g/mol. The predicted molar refractivity (Wildman–Crippen MR) is 63.7 cm³/mol. The summed E-state index contributed by atoms with van der Waals surface area (Å²) >= 11 is 0. The number of carbonyl (C=O) groups excluding carboxylic acids is 1. The van der Waals surface area contributed by atoms with Gasteiger partial charge in [0.05, 0.1) is 0 Å². The molecule has 2 heteroatoms. The van der Waals surface area contributed by atoms with Gasteiger partial charge in [0, 0.05) is 6.42 Å². The number of rotatable bonds is 5. The van der Waals surface area contributed by atoms with Crippen molar-refractivity contribution in [3.8, 4) is 0 Å². The number of hydrogen-bond acceptors (Lipinski definition) is 2. The van der Waals surface area contributed by atoms with Crippen LogP contribution in [0.4, 0.5) is 0 Å². The molecule has 0 N–H and O–H groups in total. The van der Waals surface area contributed by atoms with Crippen LogP contribution in [0, 0.1) is 11.8 Å². The molecule has 0 rings (SSSR count). The SMILES string of the molecule is CCC(CC(=O)OC(C)(C)C)CC(C)C. The van der Waals surface area contributed by atoms with E-state index < -0.39 is 0 Å². The van der Waals surface area contributed by atoms with Gasteiger partial charge in [-0.1, -0.05) is 27.2 Å². The molecule has 0 aliphatic carbocycles. The van der Waals surface area contributed by atoms with Gasteiger partial charge in [-0.3, -0.25) is 4.79 Å². The van der Waals surface area contributed by atoms with Crippen LogP contribution in [0.2, 0.25) is 0 Å². The third-order valence-corrected chi connectivity index (χ3v) is 2.26. The van der Waals surface area contributed by atoms with E-state index in [1.165, 1.54) is 0 Å². The number of carbonyl (C=O) groups is 1. The van der Waals surface area contributed by atoms with Crippen molar-refractivity contribution in [1.82, 2.24) is 0 Å². The van der Waals surface area contributed by atoms with Crippen LogP contribution in [0.25, 0.3) is 0 Å². The first-order valence-electron chi connectivity index (χ1n) is 5.96. The number of esters is 1. The highest BCUT2D eigenvalue weighted by Crippen LogP contribution is 2.20. The summed E-state index contributed by atoms with van der Waals surface area (Å²) in [5, 5.41) is 0. The Morgan fingerprint density at radius 3 is 2.13 bits per heavy atom. The van der Waals surface area contributed by atoms with Crippen molar-refractivity contribution in [3.63, 3.8) is 0 Å². The van der Waals surface area contributed by atoms with E-state index in [-0.39, 0.29) is 11.6 Å². The van der Waals surface area contributed by atoms with E-state index >= 15 is 0 Å². The molecule has 0 radical (unpaired) electrons. The molecule has 15 heavy (non-hydrogen) atoms. The summed E-state index contributed by atoms with van der Waals surface area (Å²) in [6.07, 6.45) is 2.72. The average molecular weight is 214 g/mol.